The fourth-order valence-corrected chi connectivity index (χ4v) is 5.53. The normalized spacial score (nSPS) is 44.8. The molecule has 4 aliphatic rings. The van der Waals surface area contributed by atoms with Crippen LogP contribution in [0.1, 0.15) is 52.4 Å². The van der Waals surface area contributed by atoms with E-state index in [0.29, 0.717) is 24.7 Å². The minimum Gasteiger partial charge on any atom is -0.349 e. The largest absolute Gasteiger partial charge is 0.349 e. The fourth-order valence-electron chi connectivity index (χ4n) is 5.53. The molecule has 2 saturated heterocycles. The topological polar surface area (TPSA) is 86.2 Å². The van der Waals surface area contributed by atoms with Gasteiger partial charge in [-0.3, -0.25) is 9.63 Å². The van der Waals surface area contributed by atoms with Gasteiger partial charge in [-0.25, -0.2) is 4.39 Å². The van der Waals surface area contributed by atoms with Gasteiger partial charge in [-0.2, -0.15) is 10.7 Å². The van der Waals surface area contributed by atoms with Crippen LogP contribution < -0.4 is 16.1 Å². The van der Waals surface area contributed by atoms with Crippen LogP contribution in [-0.2, 0) is 9.63 Å². The van der Waals surface area contributed by atoms with E-state index in [2.05, 4.69) is 36.0 Å². The van der Waals surface area contributed by atoms with Gasteiger partial charge in [0.05, 0.1) is 12.0 Å². The van der Waals surface area contributed by atoms with Gasteiger partial charge in [0.25, 0.3) is 5.91 Å². The van der Waals surface area contributed by atoms with Gasteiger partial charge in [-0.05, 0) is 62.8 Å². The molecule has 4 fully saturated rings. The number of rotatable bonds is 4. The molecule has 1 amide bonds. The maximum absolute atomic E-state index is 14.5. The predicted octanol–water partition coefficient (Wildman–Crippen LogP) is 2.07. The summed E-state index contributed by atoms with van der Waals surface area (Å²) >= 11 is 0. The van der Waals surface area contributed by atoms with Crippen LogP contribution in [0.4, 0.5) is 4.39 Å². The second kappa shape index (κ2) is 8.25. The van der Waals surface area contributed by atoms with Crippen molar-refractivity contribution in [1.29, 1.82) is 5.26 Å². The number of hydroxylamine groups is 1. The molecule has 3 N–H and O–H groups in total. The zero-order valence-electron chi connectivity index (χ0n) is 16.9. The number of alkyl halides is 1. The number of halogens is 1. The lowest BCUT2D eigenvalue weighted by atomic mass is 9.74. The maximum Gasteiger partial charge on any atom is 0.251 e. The third-order valence-electron chi connectivity index (χ3n) is 7.59. The number of nitrogens with one attached hydrogen (secondary N) is 3. The van der Waals surface area contributed by atoms with E-state index in [1.54, 1.807) is 0 Å². The minimum atomic E-state index is -0.872. The first-order valence-corrected chi connectivity index (χ1v) is 11.0. The number of hydrogen-bond donors (Lipinski definition) is 3. The first-order chi connectivity index (χ1) is 13.5. The smallest absolute Gasteiger partial charge is 0.251 e. The zero-order chi connectivity index (χ0) is 19.8. The molecule has 7 heteroatoms. The highest BCUT2D eigenvalue weighted by Crippen LogP contribution is 2.39. The molecule has 0 aromatic rings. The Bertz CT molecular complexity index is 622. The van der Waals surface area contributed by atoms with Gasteiger partial charge in [-0.1, -0.05) is 13.8 Å². The minimum absolute atomic E-state index is 0.00595. The van der Waals surface area contributed by atoms with Crippen molar-refractivity contribution in [2.75, 3.05) is 6.54 Å². The molecule has 0 aromatic heterocycles. The molecule has 0 bridgehead atoms. The average Bonchev–Trinajstić information content (AvgIpc) is 3.54. The quantitative estimate of drug-likeness (QED) is 0.682. The lowest BCUT2D eigenvalue weighted by molar-refractivity contribution is -0.164. The molecule has 2 aliphatic carbocycles. The predicted molar refractivity (Wildman–Crippen MR) is 103 cm³/mol. The van der Waals surface area contributed by atoms with E-state index in [9.17, 15) is 14.4 Å². The monoisotopic (exact) mass is 392 g/mol. The number of nitrogens with zero attached hydrogens (tertiary/aromatic N) is 1. The van der Waals surface area contributed by atoms with E-state index < -0.39 is 12.3 Å². The van der Waals surface area contributed by atoms with Crippen LogP contribution in [0.3, 0.4) is 0 Å². The highest BCUT2D eigenvalue weighted by Gasteiger charge is 2.47. The molecule has 9 atom stereocenters. The van der Waals surface area contributed by atoms with Crippen LogP contribution in [0.25, 0.3) is 0 Å². The van der Waals surface area contributed by atoms with Gasteiger partial charge in [0.1, 0.15) is 6.17 Å². The molecule has 0 spiro atoms. The maximum atomic E-state index is 14.5. The van der Waals surface area contributed by atoms with Crippen molar-refractivity contribution in [3.63, 3.8) is 0 Å². The molecule has 6 nitrogen and oxygen atoms in total. The molecule has 9 unspecified atom stereocenters. The van der Waals surface area contributed by atoms with Crippen LogP contribution in [0.15, 0.2) is 0 Å². The van der Waals surface area contributed by atoms with E-state index >= 15 is 0 Å². The summed E-state index contributed by atoms with van der Waals surface area (Å²) < 4.78 is 14.5. The first kappa shape index (κ1) is 20.1. The van der Waals surface area contributed by atoms with Gasteiger partial charge < -0.3 is 10.6 Å². The number of fused-ring (bicyclic) bond motifs is 1. The third-order valence-corrected chi connectivity index (χ3v) is 7.59. The van der Waals surface area contributed by atoms with E-state index in [4.69, 9.17) is 4.84 Å². The van der Waals surface area contributed by atoms with Crippen LogP contribution >= 0.6 is 0 Å². The van der Waals surface area contributed by atoms with E-state index in [1.807, 2.05) is 0 Å². The van der Waals surface area contributed by atoms with Crippen molar-refractivity contribution in [3.05, 3.63) is 0 Å². The first-order valence-electron chi connectivity index (χ1n) is 11.0. The molecule has 0 radical (unpaired) electrons. The summed E-state index contributed by atoms with van der Waals surface area (Å²) in [6.45, 7) is 5.02. The van der Waals surface area contributed by atoms with Crippen LogP contribution in [-0.4, -0.2) is 42.9 Å². The highest BCUT2D eigenvalue weighted by atomic mass is 19.1. The van der Waals surface area contributed by atoms with Crippen LogP contribution in [0.5, 0.6) is 0 Å². The number of hydrogen-bond acceptors (Lipinski definition) is 5. The Hall–Kier alpha value is -1.23. The summed E-state index contributed by atoms with van der Waals surface area (Å²) in [5.41, 5.74) is 3.00. The van der Waals surface area contributed by atoms with Crippen molar-refractivity contribution >= 4 is 5.91 Å². The SMILES string of the molecule is CC1CCC(F)C2CC(C(=O)NC(C3CC3)C3NCCC(C#N)C3C)ONC12. The van der Waals surface area contributed by atoms with Gasteiger partial charge in [-0.15, -0.1) is 0 Å². The van der Waals surface area contributed by atoms with Crippen LogP contribution in [0, 0.1) is 40.9 Å². The van der Waals surface area contributed by atoms with Crippen LogP contribution in [0.2, 0.25) is 0 Å². The van der Waals surface area contributed by atoms with Crippen molar-refractivity contribution in [2.24, 2.45) is 29.6 Å². The molecule has 4 rings (SSSR count). The molecule has 2 saturated carbocycles. The van der Waals surface area contributed by atoms with E-state index in [0.717, 1.165) is 32.2 Å². The number of piperidine rings is 1. The third kappa shape index (κ3) is 3.92. The van der Waals surface area contributed by atoms with Gasteiger partial charge in [0, 0.05) is 24.0 Å². The van der Waals surface area contributed by atoms with Gasteiger partial charge >= 0.3 is 0 Å². The molecule has 2 aliphatic heterocycles. The van der Waals surface area contributed by atoms with E-state index in [1.165, 1.54) is 0 Å². The van der Waals surface area contributed by atoms with Crippen molar-refractivity contribution in [2.45, 2.75) is 82.8 Å². The molecular formula is C21H33FN4O2. The Morgan fingerprint density at radius 1 is 1.25 bits per heavy atom. The van der Waals surface area contributed by atoms with Gasteiger partial charge in [0.2, 0.25) is 0 Å². The fraction of sp³-hybridized carbons (Fsp3) is 0.905. The van der Waals surface area contributed by atoms with Crippen molar-refractivity contribution in [1.82, 2.24) is 16.1 Å². The summed E-state index contributed by atoms with van der Waals surface area (Å²) in [4.78, 5) is 18.7. The number of carbonyl (C=O) groups is 1. The summed E-state index contributed by atoms with van der Waals surface area (Å²) in [6, 6.07) is 2.52. The Kier molecular flexibility index (Phi) is 5.91. The molecule has 156 valence electrons. The average molecular weight is 393 g/mol. The Balaban J connectivity index is 1.41. The summed E-state index contributed by atoms with van der Waals surface area (Å²) in [5.74, 6) is 0.705. The number of amides is 1. The lowest BCUT2D eigenvalue weighted by Crippen LogP contribution is -2.62. The Morgan fingerprint density at radius 3 is 2.75 bits per heavy atom. The number of nitriles is 1. The molecule has 28 heavy (non-hydrogen) atoms. The highest BCUT2D eigenvalue weighted by molar-refractivity contribution is 5.81. The summed E-state index contributed by atoms with van der Waals surface area (Å²) in [5, 5.41) is 16.2. The standard InChI is InChI=1S/C21H33FN4O2/c1-11-3-6-16(22)15-9-17(28-26-18(11)15)21(27)25-20(13-4-5-13)19-12(2)14(10-23)7-8-24-19/h11-20,24,26H,3-9H2,1-2H3,(H,25,27). The summed E-state index contributed by atoms with van der Waals surface area (Å²) in [7, 11) is 0. The lowest BCUT2D eigenvalue weighted by Gasteiger charge is -2.44. The Morgan fingerprint density at radius 2 is 2.04 bits per heavy atom. The number of carbonyl (C=O) groups excluding carboxylic acids is 1. The molecule has 0 aromatic carbocycles. The van der Waals surface area contributed by atoms with E-state index in [-0.39, 0.29) is 41.8 Å². The molecular weight excluding hydrogens is 359 g/mol. The Labute approximate surface area is 166 Å². The summed E-state index contributed by atoms with van der Waals surface area (Å²) in [6.07, 6.45) is 3.39. The second-order valence-electron chi connectivity index (χ2n) is 9.46. The molecule has 2 heterocycles. The van der Waals surface area contributed by atoms with Crippen molar-refractivity contribution in [3.8, 4) is 6.07 Å². The van der Waals surface area contributed by atoms with Gasteiger partial charge in [0.15, 0.2) is 6.10 Å². The second-order valence-corrected chi connectivity index (χ2v) is 9.46. The zero-order valence-corrected chi connectivity index (χ0v) is 16.9. The van der Waals surface area contributed by atoms with Crippen molar-refractivity contribution < 1.29 is 14.0 Å².